The number of allylic oxidation sites excluding steroid dienone is 1. The highest BCUT2D eigenvalue weighted by atomic mass is 32.1. The van der Waals surface area contributed by atoms with E-state index < -0.39 is 6.04 Å². The molecular formula is C24H28N4O4S. The highest BCUT2D eigenvalue weighted by Crippen LogP contribution is 2.40. The Balaban J connectivity index is 1.81. The molecule has 0 saturated heterocycles. The summed E-state index contributed by atoms with van der Waals surface area (Å²) in [5.41, 5.74) is 2.39. The fourth-order valence-electron chi connectivity index (χ4n) is 3.84. The molecular weight excluding hydrogens is 440 g/mol. The minimum atomic E-state index is -0.482. The summed E-state index contributed by atoms with van der Waals surface area (Å²) in [6.07, 6.45) is 0.878. The third-order valence-electron chi connectivity index (χ3n) is 5.67. The number of carbonyl (C=O) groups excluding carboxylic acids is 1. The van der Waals surface area contributed by atoms with Crippen LogP contribution in [0.2, 0.25) is 0 Å². The number of nitrogens with one attached hydrogen (secondary N) is 1. The van der Waals surface area contributed by atoms with Crippen LogP contribution in [0.5, 0.6) is 11.5 Å². The molecule has 2 amide bonds. The fourth-order valence-corrected chi connectivity index (χ4v) is 4.49. The number of nitrogens with zero attached hydrogens (tertiary/aromatic N) is 3. The van der Waals surface area contributed by atoms with E-state index in [1.165, 1.54) is 0 Å². The molecule has 4 rings (SSSR count). The average Bonchev–Trinajstić information content (AvgIpc) is 3.50. The van der Waals surface area contributed by atoms with Gasteiger partial charge in [0, 0.05) is 12.2 Å². The van der Waals surface area contributed by atoms with Gasteiger partial charge in [-0.3, -0.25) is 4.90 Å². The normalized spacial score (nSPS) is 16.4. The number of carbonyl (C=O) groups is 1. The maximum absolute atomic E-state index is 13.1. The van der Waals surface area contributed by atoms with E-state index in [0.29, 0.717) is 35.7 Å². The third kappa shape index (κ3) is 4.59. The van der Waals surface area contributed by atoms with Crippen LogP contribution in [-0.4, -0.2) is 41.8 Å². The molecule has 2 aromatic heterocycles. The topological polar surface area (TPSA) is 89.7 Å². The Labute approximate surface area is 197 Å². The summed E-state index contributed by atoms with van der Waals surface area (Å²) in [4.78, 5) is 20.5. The van der Waals surface area contributed by atoms with Crippen LogP contribution < -0.4 is 14.8 Å². The number of hydrogen-bond donors (Lipinski definition) is 1. The van der Waals surface area contributed by atoms with Gasteiger partial charge in [-0.05, 0) is 48.4 Å². The highest BCUT2D eigenvalue weighted by molar-refractivity contribution is 7.13. The quantitative estimate of drug-likeness (QED) is 0.479. The molecule has 0 aliphatic carbocycles. The number of amides is 2. The van der Waals surface area contributed by atoms with Gasteiger partial charge < -0.3 is 19.3 Å². The molecule has 3 aromatic rings. The SMILES string of the molecule is COc1ccc(C2NC(=O)N(CCC(C)C)C(C)=C2c2nc(-c3cccs3)no2)cc1OC. The van der Waals surface area contributed by atoms with Crippen molar-refractivity contribution in [2.75, 3.05) is 20.8 Å². The van der Waals surface area contributed by atoms with Crippen LogP contribution in [0.4, 0.5) is 4.79 Å². The molecule has 1 N–H and O–H groups in total. The maximum atomic E-state index is 13.1. The smallest absolute Gasteiger partial charge is 0.322 e. The molecule has 1 aromatic carbocycles. The number of thiophene rings is 1. The summed E-state index contributed by atoms with van der Waals surface area (Å²) < 4.78 is 16.6. The molecule has 0 saturated carbocycles. The zero-order chi connectivity index (χ0) is 23.5. The number of benzene rings is 1. The average molecular weight is 469 g/mol. The van der Waals surface area contributed by atoms with E-state index in [1.807, 2.05) is 42.6 Å². The van der Waals surface area contributed by atoms with Crippen molar-refractivity contribution in [3.8, 4) is 22.2 Å². The van der Waals surface area contributed by atoms with Gasteiger partial charge in [0.05, 0.1) is 30.7 Å². The number of aromatic nitrogens is 2. The lowest BCUT2D eigenvalue weighted by Crippen LogP contribution is -2.46. The second-order valence-corrected chi connectivity index (χ2v) is 9.18. The van der Waals surface area contributed by atoms with Crippen molar-refractivity contribution in [2.45, 2.75) is 33.2 Å². The van der Waals surface area contributed by atoms with Gasteiger partial charge in [-0.25, -0.2) is 4.79 Å². The monoisotopic (exact) mass is 468 g/mol. The lowest BCUT2D eigenvalue weighted by molar-refractivity contribution is 0.202. The Morgan fingerprint density at radius 1 is 1.21 bits per heavy atom. The van der Waals surface area contributed by atoms with Crippen molar-refractivity contribution in [1.82, 2.24) is 20.4 Å². The van der Waals surface area contributed by atoms with Crippen molar-refractivity contribution in [2.24, 2.45) is 5.92 Å². The molecule has 1 atom stereocenters. The van der Waals surface area contributed by atoms with Gasteiger partial charge in [-0.15, -0.1) is 11.3 Å². The standard InChI is InChI=1S/C24H28N4O4S/c1-14(2)10-11-28-15(3)20(23-26-22(27-32-23)19-7-6-12-33-19)21(25-24(28)29)16-8-9-17(30-4)18(13-16)31-5/h6-9,12-14,21H,10-11H2,1-5H3,(H,25,29). The van der Waals surface area contributed by atoms with E-state index in [9.17, 15) is 4.79 Å². The van der Waals surface area contributed by atoms with E-state index in [-0.39, 0.29) is 6.03 Å². The van der Waals surface area contributed by atoms with Crippen molar-refractivity contribution < 1.29 is 18.8 Å². The second-order valence-electron chi connectivity index (χ2n) is 8.23. The molecule has 0 spiro atoms. The Morgan fingerprint density at radius 2 is 2.00 bits per heavy atom. The van der Waals surface area contributed by atoms with Gasteiger partial charge in [0.25, 0.3) is 5.89 Å². The number of methoxy groups -OCH3 is 2. The highest BCUT2D eigenvalue weighted by Gasteiger charge is 2.36. The van der Waals surface area contributed by atoms with E-state index in [4.69, 9.17) is 14.0 Å². The minimum absolute atomic E-state index is 0.158. The first-order valence-corrected chi connectivity index (χ1v) is 11.7. The Bertz CT molecular complexity index is 1150. The molecule has 0 radical (unpaired) electrons. The summed E-state index contributed by atoms with van der Waals surface area (Å²) in [6, 6.07) is 8.84. The van der Waals surface area contributed by atoms with Crippen molar-refractivity contribution in [1.29, 1.82) is 0 Å². The van der Waals surface area contributed by atoms with Gasteiger partial charge in [-0.1, -0.05) is 31.1 Å². The number of ether oxygens (including phenoxy) is 2. The fraction of sp³-hybridized carbons (Fsp3) is 0.375. The van der Waals surface area contributed by atoms with Crippen molar-refractivity contribution in [3.63, 3.8) is 0 Å². The zero-order valence-corrected chi connectivity index (χ0v) is 20.2. The molecule has 0 fully saturated rings. The van der Waals surface area contributed by atoms with Crippen LogP contribution in [0, 0.1) is 5.92 Å². The van der Waals surface area contributed by atoms with Crippen LogP contribution >= 0.6 is 11.3 Å². The Morgan fingerprint density at radius 3 is 2.67 bits per heavy atom. The summed E-state index contributed by atoms with van der Waals surface area (Å²) >= 11 is 1.54. The molecule has 8 nitrogen and oxygen atoms in total. The summed E-state index contributed by atoms with van der Waals surface area (Å²) in [7, 11) is 3.18. The lowest BCUT2D eigenvalue weighted by atomic mass is 9.94. The largest absolute Gasteiger partial charge is 0.493 e. The number of hydrogen-bond acceptors (Lipinski definition) is 7. The summed E-state index contributed by atoms with van der Waals surface area (Å²) in [5, 5.41) is 9.28. The molecule has 1 aliphatic rings. The van der Waals surface area contributed by atoms with E-state index in [2.05, 4.69) is 29.3 Å². The first kappa shape index (κ1) is 22.8. The Kier molecular flexibility index (Phi) is 6.69. The van der Waals surface area contributed by atoms with Crippen LogP contribution in [0.15, 0.2) is 45.9 Å². The van der Waals surface area contributed by atoms with E-state index >= 15 is 0 Å². The number of urea groups is 1. The van der Waals surface area contributed by atoms with Crippen LogP contribution in [0.3, 0.4) is 0 Å². The molecule has 1 unspecified atom stereocenters. The second kappa shape index (κ2) is 9.66. The van der Waals surface area contributed by atoms with Crippen LogP contribution in [0.1, 0.15) is 44.7 Å². The maximum Gasteiger partial charge on any atom is 0.322 e. The van der Waals surface area contributed by atoms with Crippen LogP contribution in [-0.2, 0) is 0 Å². The Hall–Kier alpha value is -3.33. The van der Waals surface area contributed by atoms with Gasteiger partial charge in [0.1, 0.15) is 0 Å². The molecule has 0 bridgehead atoms. The van der Waals surface area contributed by atoms with Gasteiger partial charge >= 0.3 is 6.03 Å². The first-order valence-electron chi connectivity index (χ1n) is 10.8. The van der Waals surface area contributed by atoms with Gasteiger partial charge in [0.2, 0.25) is 5.82 Å². The molecule has 3 heterocycles. The van der Waals surface area contributed by atoms with Gasteiger partial charge in [0.15, 0.2) is 11.5 Å². The third-order valence-corrected chi connectivity index (χ3v) is 6.53. The summed E-state index contributed by atoms with van der Waals surface area (Å²) in [6.45, 7) is 6.81. The zero-order valence-electron chi connectivity index (χ0n) is 19.4. The molecule has 9 heteroatoms. The first-order chi connectivity index (χ1) is 15.9. The molecule has 174 valence electrons. The summed E-state index contributed by atoms with van der Waals surface area (Å²) in [5.74, 6) is 2.56. The predicted molar refractivity (Wildman–Crippen MR) is 127 cm³/mol. The van der Waals surface area contributed by atoms with Crippen molar-refractivity contribution >= 4 is 22.9 Å². The van der Waals surface area contributed by atoms with Crippen molar-refractivity contribution in [3.05, 3.63) is 52.9 Å². The number of rotatable bonds is 8. The minimum Gasteiger partial charge on any atom is -0.493 e. The van der Waals surface area contributed by atoms with Gasteiger partial charge in [-0.2, -0.15) is 4.98 Å². The van der Waals surface area contributed by atoms with E-state index in [1.54, 1.807) is 30.5 Å². The van der Waals surface area contributed by atoms with Crippen LogP contribution in [0.25, 0.3) is 16.3 Å². The van der Waals surface area contributed by atoms with E-state index in [0.717, 1.165) is 28.1 Å². The molecule has 1 aliphatic heterocycles. The lowest BCUT2D eigenvalue weighted by Gasteiger charge is -2.35. The molecule has 33 heavy (non-hydrogen) atoms. The predicted octanol–water partition coefficient (Wildman–Crippen LogP) is 5.36.